The highest BCUT2D eigenvalue weighted by molar-refractivity contribution is 5.72. The van der Waals surface area contributed by atoms with E-state index in [4.69, 9.17) is 14.2 Å². The number of esters is 1. The van der Waals surface area contributed by atoms with E-state index >= 15 is 0 Å². The molecule has 0 saturated heterocycles. The van der Waals surface area contributed by atoms with Gasteiger partial charge < -0.3 is 18.8 Å². The van der Waals surface area contributed by atoms with Crippen LogP contribution in [0.2, 0.25) is 0 Å². The van der Waals surface area contributed by atoms with Crippen LogP contribution in [0.4, 0.5) is 0 Å². The number of methoxy groups -OCH3 is 1. The lowest BCUT2D eigenvalue weighted by Gasteiger charge is -2.23. The third-order valence-corrected chi connectivity index (χ3v) is 4.28. The number of ether oxygens (including phenoxy) is 3. The van der Waals surface area contributed by atoms with Gasteiger partial charge in [0.25, 0.3) is 0 Å². The molecule has 0 N–H and O–H groups in total. The molecule has 4 rings (SSSR count). The molecule has 1 atom stereocenters. The maximum absolute atomic E-state index is 11.8. The van der Waals surface area contributed by atoms with Crippen molar-refractivity contribution < 1.29 is 19.0 Å². The van der Waals surface area contributed by atoms with Crippen LogP contribution in [-0.2, 0) is 22.5 Å². The van der Waals surface area contributed by atoms with Crippen molar-refractivity contribution >= 4 is 5.97 Å². The Labute approximate surface area is 133 Å². The van der Waals surface area contributed by atoms with Gasteiger partial charge in [-0.05, 0) is 24.6 Å². The van der Waals surface area contributed by atoms with Crippen molar-refractivity contribution in [2.45, 2.75) is 19.4 Å². The molecule has 0 bridgehead atoms. The Kier molecular flexibility index (Phi) is 3.40. The average Bonchev–Trinajstić information content (AvgIpc) is 3.03. The van der Waals surface area contributed by atoms with Crippen LogP contribution in [0.1, 0.15) is 12.2 Å². The highest BCUT2D eigenvalue weighted by atomic mass is 16.6. The van der Waals surface area contributed by atoms with E-state index in [1.54, 1.807) is 0 Å². The van der Waals surface area contributed by atoms with Crippen LogP contribution in [-0.4, -0.2) is 41.1 Å². The van der Waals surface area contributed by atoms with Gasteiger partial charge in [0.1, 0.15) is 19.0 Å². The van der Waals surface area contributed by atoms with Crippen molar-refractivity contribution in [3.8, 4) is 22.9 Å². The molecule has 3 heterocycles. The predicted octanol–water partition coefficient (Wildman–Crippen LogP) is 1.45. The number of fused-ring (bicyclic) bond motifs is 2. The molecule has 120 valence electrons. The molecule has 1 aromatic heterocycles. The zero-order valence-corrected chi connectivity index (χ0v) is 12.8. The van der Waals surface area contributed by atoms with Crippen LogP contribution in [0.15, 0.2) is 18.2 Å². The number of carbonyl (C=O) groups excluding carboxylic acids is 1. The third-order valence-electron chi connectivity index (χ3n) is 4.28. The van der Waals surface area contributed by atoms with Crippen molar-refractivity contribution in [2.75, 3.05) is 20.3 Å². The van der Waals surface area contributed by atoms with E-state index in [0.717, 1.165) is 35.8 Å². The van der Waals surface area contributed by atoms with Crippen LogP contribution in [0.25, 0.3) is 11.4 Å². The van der Waals surface area contributed by atoms with Gasteiger partial charge in [-0.1, -0.05) is 0 Å². The van der Waals surface area contributed by atoms with E-state index in [0.29, 0.717) is 25.5 Å². The van der Waals surface area contributed by atoms with Crippen molar-refractivity contribution in [3.05, 3.63) is 24.0 Å². The van der Waals surface area contributed by atoms with Gasteiger partial charge in [0.05, 0.1) is 13.0 Å². The van der Waals surface area contributed by atoms with Crippen LogP contribution in [0.5, 0.6) is 11.5 Å². The average molecular weight is 315 g/mol. The lowest BCUT2D eigenvalue weighted by Crippen LogP contribution is -2.28. The van der Waals surface area contributed by atoms with Gasteiger partial charge in [0, 0.05) is 18.5 Å². The number of aromatic nitrogens is 3. The summed E-state index contributed by atoms with van der Waals surface area (Å²) in [6, 6.07) is 5.73. The third kappa shape index (κ3) is 2.42. The highest BCUT2D eigenvalue weighted by Gasteiger charge is 2.29. The van der Waals surface area contributed by atoms with E-state index in [1.807, 2.05) is 22.8 Å². The summed E-state index contributed by atoms with van der Waals surface area (Å²) < 4.78 is 18.0. The van der Waals surface area contributed by atoms with E-state index in [2.05, 4.69) is 10.2 Å². The first-order valence-electron chi connectivity index (χ1n) is 7.66. The van der Waals surface area contributed by atoms with Crippen LogP contribution >= 0.6 is 0 Å². The molecule has 0 radical (unpaired) electrons. The Hall–Kier alpha value is -2.57. The minimum Gasteiger partial charge on any atom is -0.486 e. The van der Waals surface area contributed by atoms with E-state index in [1.165, 1.54) is 7.11 Å². The summed E-state index contributed by atoms with van der Waals surface area (Å²) in [6.07, 6.45) is 1.46. The van der Waals surface area contributed by atoms with Crippen LogP contribution in [0.3, 0.4) is 0 Å². The second-order valence-corrected chi connectivity index (χ2v) is 5.67. The van der Waals surface area contributed by atoms with Crippen LogP contribution < -0.4 is 9.47 Å². The quantitative estimate of drug-likeness (QED) is 0.781. The van der Waals surface area contributed by atoms with Gasteiger partial charge in [-0.25, -0.2) is 0 Å². The van der Waals surface area contributed by atoms with Crippen LogP contribution in [0, 0.1) is 5.92 Å². The van der Waals surface area contributed by atoms with Gasteiger partial charge in [-0.3, -0.25) is 4.79 Å². The van der Waals surface area contributed by atoms with Crippen molar-refractivity contribution in [1.82, 2.24) is 14.8 Å². The first kappa shape index (κ1) is 14.0. The molecular weight excluding hydrogens is 298 g/mol. The second kappa shape index (κ2) is 5.57. The molecular formula is C16H17N3O4. The van der Waals surface area contributed by atoms with Gasteiger partial charge in [0.2, 0.25) is 0 Å². The van der Waals surface area contributed by atoms with E-state index < -0.39 is 0 Å². The van der Waals surface area contributed by atoms with E-state index in [9.17, 15) is 4.79 Å². The van der Waals surface area contributed by atoms with Gasteiger partial charge in [-0.15, -0.1) is 10.2 Å². The van der Waals surface area contributed by atoms with Crippen molar-refractivity contribution in [2.24, 2.45) is 5.92 Å². The number of hydrogen-bond acceptors (Lipinski definition) is 6. The van der Waals surface area contributed by atoms with Gasteiger partial charge in [0.15, 0.2) is 17.3 Å². The summed E-state index contributed by atoms with van der Waals surface area (Å²) in [5.74, 6) is 2.76. The maximum Gasteiger partial charge on any atom is 0.310 e. The SMILES string of the molecule is COC(=O)C1CCc2nnc(-c3ccc4c(c3)OCCO4)n2C1. The number of aryl methyl sites for hydroxylation is 1. The fourth-order valence-corrected chi connectivity index (χ4v) is 3.08. The van der Waals surface area contributed by atoms with E-state index in [-0.39, 0.29) is 11.9 Å². The summed E-state index contributed by atoms with van der Waals surface area (Å²) >= 11 is 0. The molecule has 2 aromatic rings. The molecule has 0 aliphatic carbocycles. The van der Waals surface area contributed by atoms with Gasteiger partial charge in [-0.2, -0.15) is 0 Å². The highest BCUT2D eigenvalue weighted by Crippen LogP contribution is 2.35. The standard InChI is InChI=1S/C16H17N3O4/c1-21-16(20)11-3-5-14-17-18-15(19(14)9-11)10-2-4-12-13(8-10)23-7-6-22-12/h2,4,8,11H,3,5-7,9H2,1H3. The monoisotopic (exact) mass is 315 g/mol. The summed E-state index contributed by atoms with van der Waals surface area (Å²) in [7, 11) is 1.42. The molecule has 7 nitrogen and oxygen atoms in total. The molecule has 7 heteroatoms. The molecule has 1 unspecified atom stereocenters. The smallest absolute Gasteiger partial charge is 0.310 e. The number of hydrogen-bond donors (Lipinski definition) is 0. The fraction of sp³-hybridized carbons (Fsp3) is 0.438. The zero-order chi connectivity index (χ0) is 15.8. The lowest BCUT2D eigenvalue weighted by molar-refractivity contribution is -0.146. The molecule has 0 saturated carbocycles. The molecule has 0 amide bonds. The topological polar surface area (TPSA) is 75.5 Å². The summed E-state index contributed by atoms with van der Waals surface area (Å²) in [4.78, 5) is 11.8. The number of nitrogens with zero attached hydrogens (tertiary/aromatic N) is 3. The molecule has 0 spiro atoms. The Morgan fingerprint density at radius 2 is 2.09 bits per heavy atom. The summed E-state index contributed by atoms with van der Waals surface area (Å²) in [5, 5.41) is 8.55. The summed E-state index contributed by atoms with van der Waals surface area (Å²) in [5.41, 5.74) is 0.901. The Bertz CT molecular complexity index is 756. The molecule has 0 fully saturated rings. The lowest BCUT2D eigenvalue weighted by atomic mass is 9.99. The molecule has 23 heavy (non-hydrogen) atoms. The molecule has 2 aliphatic rings. The van der Waals surface area contributed by atoms with Gasteiger partial charge >= 0.3 is 5.97 Å². The zero-order valence-electron chi connectivity index (χ0n) is 12.8. The Balaban J connectivity index is 1.69. The van der Waals surface area contributed by atoms with Crippen molar-refractivity contribution in [1.29, 1.82) is 0 Å². The Morgan fingerprint density at radius 3 is 2.91 bits per heavy atom. The predicted molar refractivity (Wildman–Crippen MR) is 80.3 cm³/mol. The minimum atomic E-state index is -0.183. The second-order valence-electron chi connectivity index (χ2n) is 5.67. The fourth-order valence-electron chi connectivity index (χ4n) is 3.08. The first-order chi connectivity index (χ1) is 11.3. The largest absolute Gasteiger partial charge is 0.486 e. The minimum absolute atomic E-state index is 0.153. The summed E-state index contributed by atoms with van der Waals surface area (Å²) in [6.45, 7) is 1.64. The first-order valence-corrected chi connectivity index (χ1v) is 7.66. The molecule has 1 aromatic carbocycles. The van der Waals surface area contributed by atoms with Crippen molar-refractivity contribution in [3.63, 3.8) is 0 Å². The normalized spacial score (nSPS) is 19.1. The number of carbonyl (C=O) groups is 1. The molecule has 2 aliphatic heterocycles. The Morgan fingerprint density at radius 1 is 1.26 bits per heavy atom. The maximum atomic E-state index is 11.8. The number of benzene rings is 1. The number of rotatable bonds is 2.